The number of ether oxygens (including phenoxy) is 1. The zero-order valence-electron chi connectivity index (χ0n) is 18.9. The monoisotopic (exact) mass is 503 g/mol. The highest BCUT2D eigenvalue weighted by atomic mass is 35.5. The van der Waals surface area contributed by atoms with Crippen LogP contribution in [0.3, 0.4) is 0 Å². The lowest BCUT2D eigenvalue weighted by Crippen LogP contribution is -1.98. The van der Waals surface area contributed by atoms with Gasteiger partial charge in [-0.3, -0.25) is 9.55 Å². The maximum Gasteiger partial charge on any atom is 0.175 e. The van der Waals surface area contributed by atoms with E-state index in [1.165, 1.54) is 6.26 Å². The van der Waals surface area contributed by atoms with E-state index in [1.807, 2.05) is 71.4 Å². The van der Waals surface area contributed by atoms with E-state index in [0.29, 0.717) is 24.1 Å². The van der Waals surface area contributed by atoms with E-state index in [2.05, 4.69) is 4.98 Å². The van der Waals surface area contributed by atoms with Gasteiger partial charge >= 0.3 is 0 Å². The van der Waals surface area contributed by atoms with Gasteiger partial charge in [0.05, 0.1) is 35.0 Å². The second-order valence-electron chi connectivity index (χ2n) is 8.19. The van der Waals surface area contributed by atoms with Crippen LogP contribution in [0.5, 0.6) is 0 Å². The third-order valence-corrected chi connectivity index (χ3v) is 6.94. The summed E-state index contributed by atoms with van der Waals surface area (Å²) in [6.45, 7) is 0.653. The van der Waals surface area contributed by atoms with Crippen LogP contribution >= 0.6 is 11.6 Å². The molecule has 5 rings (SSSR count). The van der Waals surface area contributed by atoms with Crippen LogP contribution in [0.2, 0.25) is 5.02 Å². The van der Waals surface area contributed by atoms with Gasteiger partial charge in [0.25, 0.3) is 0 Å². The highest BCUT2D eigenvalue weighted by Crippen LogP contribution is 2.26. The molecule has 8 heteroatoms. The smallest absolute Gasteiger partial charge is 0.175 e. The topological polar surface area (TPSA) is 74.1 Å². The minimum Gasteiger partial charge on any atom is -0.369 e. The number of para-hydroxylation sites is 1. The normalized spacial score (nSPS) is 11.7. The van der Waals surface area contributed by atoms with Crippen molar-refractivity contribution in [1.29, 1.82) is 0 Å². The van der Waals surface area contributed by atoms with Gasteiger partial charge in [-0.25, -0.2) is 13.4 Å². The number of halogens is 1. The molecule has 35 heavy (non-hydrogen) atoms. The first kappa shape index (κ1) is 23.2. The van der Waals surface area contributed by atoms with E-state index in [-0.39, 0.29) is 4.90 Å². The molecule has 176 valence electrons. The predicted octanol–water partition coefficient (Wildman–Crippen LogP) is 5.86. The van der Waals surface area contributed by atoms with Crippen molar-refractivity contribution in [3.05, 3.63) is 108 Å². The first-order chi connectivity index (χ1) is 16.9. The van der Waals surface area contributed by atoms with Gasteiger partial charge in [0.2, 0.25) is 0 Å². The van der Waals surface area contributed by atoms with Crippen LogP contribution in [0, 0.1) is 0 Å². The second-order valence-corrected chi connectivity index (χ2v) is 10.6. The van der Waals surface area contributed by atoms with Crippen molar-refractivity contribution in [3.63, 3.8) is 0 Å². The van der Waals surface area contributed by atoms with E-state index in [1.54, 1.807) is 24.3 Å². The van der Waals surface area contributed by atoms with Gasteiger partial charge in [0.1, 0.15) is 5.82 Å². The summed E-state index contributed by atoms with van der Waals surface area (Å²) < 4.78 is 31.6. The lowest BCUT2D eigenvalue weighted by Gasteiger charge is -2.08. The van der Waals surface area contributed by atoms with Crippen molar-refractivity contribution in [1.82, 2.24) is 14.5 Å². The fourth-order valence-electron chi connectivity index (χ4n) is 3.80. The molecular formula is C27H22ClN3O3S. The largest absolute Gasteiger partial charge is 0.369 e. The molecule has 0 spiro atoms. The highest BCUT2D eigenvalue weighted by Gasteiger charge is 2.14. The van der Waals surface area contributed by atoms with Gasteiger partial charge in [0.15, 0.2) is 9.84 Å². The third kappa shape index (κ3) is 5.27. The van der Waals surface area contributed by atoms with Crippen LogP contribution < -0.4 is 0 Å². The molecule has 0 saturated heterocycles. The molecule has 0 amide bonds. The van der Waals surface area contributed by atoms with E-state index < -0.39 is 9.84 Å². The summed E-state index contributed by atoms with van der Waals surface area (Å²) in [5, 5.41) is 1.73. The number of sulfone groups is 1. The van der Waals surface area contributed by atoms with Crippen molar-refractivity contribution in [3.8, 4) is 17.1 Å². The van der Waals surface area contributed by atoms with Crippen molar-refractivity contribution in [2.24, 2.45) is 0 Å². The zero-order valence-corrected chi connectivity index (χ0v) is 20.5. The van der Waals surface area contributed by atoms with Gasteiger partial charge in [-0.15, -0.1) is 0 Å². The van der Waals surface area contributed by atoms with Gasteiger partial charge in [-0.2, -0.15) is 0 Å². The molecule has 0 aliphatic heterocycles. The summed E-state index contributed by atoms with van der Waals surface area (Å²) in [4.78, 5) is 9.70. The van der Waals surface area contributed by atoms with Crippen molar-refractivity contribution < 1.29 is 13.2 Å². The molecule has 6 nitrogen and oxygen atoms in total. The van der Waals surface area contributed by atoms with E-state index in [4.69, 9.17) is 21.3 Å². The molecular weight excluding hydrogens is 482 g/mol. The van der Waals surface area contributed by atoms with Crippen molar-refractivity contribution >= 4 is 32.3 Å². The Morgan fingerprint density at radius 3 is 2.29 bits per heavy atom. The van der Waals surface area contributed by atoms with E-state index >= 15 is 0 Å². The molecule has 2 heterocycles. The van der Waals surface area contributed by atoms with Crippen LogP contribution in [0.25, 0.3) is 28.0 Å². The maximum atomic E-state index is 11.9. The van der Waals surface area contributed by atoms with Crippen LogP contribution in [0.4, 0.5) is 0 Å². The number of aromatic nitrogens is 3. The van der Waals surface area contributed by atoms with Crippen LogP contribution in [0.15, 0.2) is 96.0 Å². The number of benzene rings is 3. The van der Waals surface area contributed by atoms with Gasteiger partial charge in [0, 0.05) is 34.1 Å². The average Bonchev–Trinajstić information content (AvgIpc) is 3.28. The molecule has 0 fully saturated rings. The Morgan fingerprint density at radius 1 is 0.829 bits per heavy atom. The summed E-state index contributed by atoms with van der Waals surface area (Å²) in [7, 11) is -3.28. The molecule has 0 aliphatic carbocycles. The molecule has 0 bridgehead atoms. The number of imidazole rings is 1. The van der Waals surface area contributed by atoms with Crippen molar-refractivity contribution in [2.45, 2.75) is 18.1 Å². The quantitative estimate of drug-likeness (QED) is 0.278. The number of hydrogen-bond acceptors (Lipinski definition) is 5. The summed E-state index contributed by atoms with van der Waals surface area (Å²) >= 11 is 6.08. The molecule has 3 aromatic carbocycles. The van der Waals surface area contributed by atoms with Gasteiger partial charge in [-0.05, 0) is 60.7 Å². The summed E-state index contributed by atoms with van der Waals surface area (Å²) in [6, 6.07) is 26.1. The SMILES string of the molecule is CS(=O)(=O)c1ccc(-c2nc(COCc3ccc4ccccc4n3)cn2-c2ccc(Cl)cc2)cc1. The standard InChI is InChI=1S/C27H22ClN3O3S/c1-35(32,33)25-14-7-20(8-15-25)27-30-23(16-31(27)24-12-9-21(28)10-13-24)18-34-17-22-11-6-19-4-2-3-5-26(19)29-22/h2-16H,17-18H2,1H3. The Bertz CT molecular complexity index is 1600. The maximum absolute atomic E-state index is 11.9. The Balaban J connectivity index is 1.41. The molecule has 2 aromatic heterocycles. The number of pyridine rings is 1. The minimum atomic E-state index is -3.28. The Hall–Kier alpha value is -3.52. The number of fused-ring (bicyclic) bond motifs is 1. The van der Waals surface area contributed by atoms with Gasteiger partial charge < -0.3 is 4.74 Å². The fraction of sp³-hybridized carbons (Fsp3) is 0.111. The highest BCUT2D eigenvalue weighted by molar-refractivity contribution is 7.90. The summed E-state index contributed by atoms with van der Waals surface area (Å²) in [5.41, 5.74) is 4.18. The third-order valence-electron chi connectivity index (χ3n) is 5.56. The van der Waals surface area contributed by atoms with Crippen LogP contribution in [0.1, 0.15) is 11.4 Å². The average molecular weight is 504 g/mol. The molecule has 5 aromatic rings. The predicted molar refractivity (Wildman–Crippen MR) is 137 cm³/mol. The molecule has 0 saturated carbocycles. The van der Waals surface area contributed by atoms with Gasteiger partial charge in [-0.1, -0.05) is 35.9 Å². The fourth-order valence-corrected chi connectivity index (χ4v) is 4.56. The number of rotatable bonds is 7. The lowest BCUT2D eigenvalue weighted by atomic mass is 10.2. The first-order valence-electron chi connectivity index (χ1n) is 10.9. The lowest BCUT2D eigenvalue weighted by molar-refractivity contribution is 0.102. The molecule has 0 atom stereocenters. The molecule has 0 radical (unpaired) electrons. The summed E-state index contributed by atoms with van der Waals surface area (Å²) in [5.74, 6) is 0.676. The minimum absolute atomic E-state index is 0.261. The summed E-state index contributed by atoms with van der Waals surface area (Å²) in [6.07, 6.45) is 3.10. The van der Waals surface area contributed by atoms with Crippen LogP contribution in [-0.2, 0) is 27.8 Å². The van der Waals surface area contributed by atoms with E-state index in [0.717, 1.165) is 33.5 Å². The Morgan fingerprint density at radius 2 is 1.54 bits per heavy atom. The number of nitrogens with zero attached hydrogens (tertiary/aromatic N) is 3. The Kier molecular flexibility index (Phi) is 6.38. The van der Waals surface area contributed by atoms with E-state index in [9.17, 15) is 8.42 Å². The Labute approximate surface area is 208 Å². The second kappa shape index (κ2) is 9.62. The van der Waals surface area contributed by atoms with Crippen molar-refractivity contribution in [2.75, 3.05) is 6.26 Å². The van der Waals surface area contributed by atoms with Crippen LogP contribution in [-0.4, -0.2) is 29.2 Å². The molecule has 0 N–H and O–H groups in total. The number of hydrogen-bond donors (Lipinski definition) is 0. The zero-order chi connectivity index (χ0) is 24.4. The first-order valence-corrected chi connectivity index (χ1v) is 13.2. The molecule has 0 aliphatic rings. The molecule has 0 unspecified atom stereocenters.